The number of aldehydes is 1. The van der Waals surface area contributed by atoms with Crippen LogP contribution in [0.15, 0.2) is 18.2 Å². The third kappa shape index (κ3) is 2.54. The molecule has 0 aromatic heterocycles. The second-order valence-electron chi connectivity index (χ2n) is 2.70. The molecular formula is C10H11FO2. The standard InChI is InChI=1S/C10H11FO2/c1-8-2-3-10(13-5-4-11)9(6-8)7-12/h2-3,6-7H,4-5H2,1H3. The monoisotopic (exact) mass is 182 g/mol. The smallest absolute Gasteiger partial charge is 0.153 e. The molecule has 0 N–H and O–H groups in total. The SMILES string of the molecule is Cc1ccc(OCCF)c(C=O)c1. The minimum atomic E-state index is -0.549. The van der Waals surface area contributed by atoms with Crippen molar-refractivity contribution in [2.24, 2.45) is 0 Å². The average molecular weight is 182 g/mol. The van der Waals surface area contributed by atoms with Crippen LogP contribution in [0.25, 0.3) is 0 Å². The summed E-state index contributed by atoms with van der Waals surface area (Å²) >= 11 is 0. The Hall–Kier alpha value is -1.38. The number of hydrogen-bond acceptors (Lipinski definition) is 2. The maximum absolute atomic E-state index is 11.8. The molecule has 1 rings (SSSR count). The number of carbonyl (C=O) groups excluding carboxylic acids is 1. The number of hydrogen-bond donors (Lipinski definition) is 0. The molecule has 1 aromatic carbocycles. The lowest BCUT2D eigenvalue weighted by atomic mass is 10.1. The molecule has 0 saturated carbocycles. The van der Waals surface area contributed by atoms with Crippen LogP contribution in [0.2, 0.25) is 0 Å². The molecule has 0 fully saturated rings. The number of benzene rings is 1. The van der Waals surface area contributed by atoms with Crippen LogP contribution in [0.5, 0.6) is 5.75 Å². The molecule has 0 aliphatic rings. The molecular weight excluding hydrogens is 171 g/mol. The zero-order valence-corrected chi connectivity index (χ0v) is 7.42. The summed E-state index contributed by atoms with van der Waals surface area (Å²) in [6.45, 7) is 1.32. The van der Waals surface area contributed by atoms with E-state index in [-0.39, 0.29) is 6.61 Å². The first-order valence-electron chi connectivity index (χ1n) is 4.02. The second kappa shape index (κ2) is 4.60. The van der Waals surface area contributed by atoms with E-state index < -0.39 is 6.67 Å². The first-order valence-corrected chi connectivity index (χ1v) is 4.02. The van der Waals surface area contributed by atoms with Crippen LogP contribution in [0.4, 0.5) is 4.39 Å². The van der Waals surface area contributed by atoms with Gasteiger partial charge >= 0.3 is 0 Å². The highest BCUT2D eigenvalue weighted by Gasteiger charge is 2.02. The number of carbonyl (C=O) groups is 1. The maximum atomic E-state index is 11.8. The summed E-state index contributed by atoms with van der Waals surface area (Å²) in [4.78, 5) is 10.6. The molecule has 0 radical (unpaired) electrons. The third-order valence-corrected chi connectivity index (χ3v) is 1.63. The molecule has 0 heterocycles. The molecule has 0 saturated heterocycles. The molecule has 0 bridgehead atoms. The van der Waals surface area contributed by atoms with E-state index in [0.29, 0.717) is 17.6 Å². The Morgan fingerprint density at radius 2 is 2.31 bits per heavy atom. The van der Waals surface area contributed by atoms with Gasteiger partial charge in [0.2, 0.25) is 0 Å². The summed E-state index contributed by atoms with van der Waals surface area (Å²) in [6, 6.07) is 5.20. The van der Waals surface area contributed by atoms with E-state index >= 15 is 0 Å². The number of ether oxygens (including phenoxy) is 1. The minimum Gasteiger partial charge on any atom is -0.490 e. The van der Waals surface area contributed by atoms with Crippen molar-refractivity contribution >= 4 is 6.29 Å². The van der Waals surface area contributed by atoms with E-state index in [0.717, 1.165) is 5.56 Å². The molecule has 0 amide bonds. The van der Waals surface area contributed by atoms with Crippen LogP contribution in [0.3, 0.4) is 0 Å². The normalized spacial score (nSPS) is 9.69. The summed E-state index contributed by atoms with van der Waals surface area (Å²) in [5.74, 6) is 0.443. The Labute approximate surface area is 76.3 Å². The van der Waals surface area contributed by atoms with E-state index in [1.165, 1.54) is 0 Å². The largest absolute Gasteiger partial charge is 0.490 e. The number of aryl methyl sites for hydroxylation is 1. The first kappa shape index (κ1) is 9.71. The highest BCUT2D eigenvalue weighted by atomic mass is 19.1. The Balaban J connectivity index is 2.86. The number of alkyl halides is 1. The number of rotatable bonds is 4. The molecule has 0 aliphatic carbocycles. The molecule has 0 spiro atoms. The topological polar surface area (TPSA) is 26.3 Å². The van der Waals surface area contributed by atoms with Crippen molar-refractivity contribution in [3.63, 3.8) is 0 Å². The van der Waals surface area contributed by atoms with Gasteiger partial charge in [-0.2, -0.15) is 0 Å². The molecule has 2 nitrogen and oxygen atoms in total. The molecule has 1 aromatic rings. The van der Waals surface area contributed by atoms with Crippen LogP contribution < -0.4 is 4.74 Å². The van der Waals surface area contributed by atoms with Gasteiger partial charge in [0.25, 0.3) is 0 Å². The fraction of sp³-hybridized carbons (Fsp3) is 0.300. The fourth-order valence-electron chi connectivity index (χ4n) is 1.04. The van der Waals surface area contributed by atoms with Crippen molar-refractivity contribution in [3.8, 4) is 5.75 Å². The van der Waals surface area contributed by atoms with Crippen LogP contribution in [-0.4, -0.2) is 19.6 Å². The van der Waals surface area contributed by atoms with Gasteiger partial charge in [-0.05, 0) is 19.1 Å². The van der Waals surface area contributed by atoms with Crippen LogP contribution >= 0.6 is 0 Å². The molecule has 0 aliphatic heterocycles. The van der Waals surface area contributed by atoms with Crippen molar-refractivity contribution in [3.05, 3.63) is 29.3 Å². The Morgan fingerprint density at radius 3 is 2.92 bits per heavy atom. The second-order valence-corrected chi connectivity index (χ2v) is 2.70. The Bertz CT molecular complexity index is 297. The summed E-state index contributed by atoms with van der Waals surface area (Å²) in [5.41, 5.74) is 1.45. The summed E-state index contributed by atoms with van der Waals surface area (Å²) < 4.78 is 16.8. The first-order chi connectivity index (χ1) is 6.27. The van der Waals surface area contributed by atoms with Crippen LogP contribution in [0, 0.1) is 6.92 Å². The van der Waals surface area contributed by atoms with Gasteiger partial charge in [-0.1, -0.05) is 11.6 Å². The van der Waals surface area contributed by atoms with E-state index in [4.69, 9.17) is 4.74 Å². The van der Waals surface area contributed by atoms with Gasteiger partial charge in [-0.3, -0.25) is 4.79 Å². The molecule has 13 heavy (non-hydrogen) atoms. The van der Waals surface area contributed by atoms with Crippen molar-refractivity contribution in [2.45, 2.75) is 6.92 Å². The fourth-order valence-corrected chi connectivity index (χ4v) is 1.04. The predicted molar refractivity (Wildman–Crippen MR) is 48.0 cm³/mol. The Morgan fingerprint density at radius 1 is 1.54 bits per heavy atom. The summed E-state index contributed by atoms with van der Waals surface area (Å²) in [5, 5.41) is 0. The highest BCUT2D eigenvalue weighted by molar-refractivity contribution is 5.79. The minimum absolute atomic E-state index is 0.0100. The van der Waals surface area contributed by atoms with Crippen molar-refractivity contribution in [1.82, 2.24) is 0 Å². The van der Waals surface area contributed by atoms with E-state index in [1.807, 2.05) is 13.0 Å². The number of halogens is 1. The quantitative estimate of drug-likeness (QED) is 0.667. The van der Waals surface area contributed by atoms with Gasteiger partial charge in [0.1, 0.15) is 19.0 Å². The lowest BCUT2D eigenvalue weighted by molar-refractivity contribution is 0.111. The molecule has 0 unspecified atom stereocenters. The summed E-state index contributed by atoms with van der Waals surface area (Å²) in [7, 11) is 0. The molecule has 0 atom stereocenters. The van der Waals surface area contributed by atoms with Gasteiger partial charge in [-0.25, -0.2) is 4.39 Å². The van der Waals surface area contributed by atoms with Gasteiger partial charge in [-0.15, -0.1) is 0 Å². The van der Waals surface area contributed by atoms with Crippen LogP contribution in [0.1, 0.15) is 15.9 Å². The lowest BCUT2D eigenvalue weighted by Crippen LogP contribution is -2.01. The molecule has 70 valence electrons. The van der Waals surface area contributed by atoms with Gasteiger partial charge in [0.05, 0.1) is 5.56 Å². The molecule has 3 heteroatoms. The zero-order valence-electron chi connectivity index (χ0n) is 7.42. The Kier molecular flexibility index (Phi) is 3.43. The van der Waals surface area contributed by atoms with Crippen LogP contribution in [-0.2, 0) is 0 Å². The maximum Gasteiger partial charge on any atom is 0.153 e. The average Bonchev–Trinajstić information content (AvgIpc) is 2.16. The third-order valence-electron chi connectivity index (χ3n) is 1.63. The lowest BCUT2D eigenvalue weighted by Gasteiger charge is -2.06. The predicted octanol–water partition coefficient (Wildman–Crippen LogP) is 2.16. The van der Waals surface area contributed by atoms with E-state index in [2.05, 4.69) is 0 Å². The van der Waals surface area contributed by atoms with Gasteiger partial charge in [0, 0.05) is 0 Å². The highest BCUT2D eigenvalue weighted by Crippen LogP contribution is 2.17. The van der Waals surface area contributed by atoms with Gasteiger partial charge < -0.3 is 4.74 Å². The van der Waals surface area contributed by atoms with Crippen molar-refractivity contribution < 1.29 is 13.9 Å². The summed E-state index contributed by atoms with van der Waals surface area (Å²) in [6.07, 6.45) is 0.709. The van der Waals surface area contributed by atoms with Crippen molar-refractivity contribution in [1.29, 1.82) is 0 Å². The van der Waals surface area contributed by atoms with E-state index in [9.17, 15) is 9.18 Å². The zero-order chi connectivity index (χ0) is 9.68. The van der Waals surface area contributed by atoms with Gasteiger partial charge in [0.15, 0.2) is 6.29 Å². The van der Waals surface area contributed by atoms with E-state index in [1.54, 1.807) is 12.1 Å². The van der Waals surface area contributed by atoms with Crippen molar-refractivity contribution in [2.75, 3.05) is 13.3 Å².